The predicted octanol–water partition coefficient (Wildman–Crippen LogP) is 3.44. The second kappa shape index (κ2) is 7.39. The van der Waals surface area contributed by atoms with Gasteiger partial charge in [-0.25, -0.2) is 12.8 Å². The molecule has 0 unspecified atom stereocenters. The first kappa shape index (κ1) is 20.9. The number of fused-ring (bicyclic) bond motifs is 1. The van der Waals surface area contributed by atoms with Crippen molar-refractivity contribution in [3.63, 3.8) is 0 Å². The van der Waals surface area contributed by atoms with E-state index in [1.165, 1.54) is 22.5 Å². The third kappa shape index (κ3) is 3.72. The van der Waals surface area contributed by atoms with Crippen LogP contribution < -0.4 is 0 Å². The van der Waals surface area contributed by atoms with Crippen molar-refractivity contribution in [1.29, 1.82) is 0 Å². The van der Waals surface area contributed by atoms with Gasteiger partial charge in [0.2, 0.25) is 10.0 Å². The van der Waals surface area contributed by atoms with Crippen molar-refractivity contribution in [3.8, 4) is 0 Å². The molecule has 0 bridgehead atoms. The van der Waals surface area contributed by atoms with Crippen LogP contribution in [0.2, 0.25) is 0 Å². The van der Waals surface area contributed by atoms with Gasteiger partial charge >= 0.3 is 0 Å². The number of aryl methyl sites for hydroxylation is 1. The monoisotopic (exact) mass is 431 g/mol. The van der Waals surface area contributed by atoms with E-state index in [4.69, 9.17) is 5.10 Å². The van der Waals surface area contributed by atoms with E-state index in [1.807, 2.05) is 12.1 Å². The van der Waals surface area contributed by atoms with E-state index >= 15 is 0 Å². The summed E-state index contributed by atoms with van der Waals surface area (Å²) in [6, 6.07) is 7.67. The lowest BCUT2D eigenvalue weighted by atomic mass is 9.92. The van der Waals surface area contributed by atoms with Crippen LogP contribution in [-0.4, -0.2) is 45.6 Å². The molecule has 0 N–H and O–H groups in total. The summed E-state index contributed by atoms with van der Waals surface area (Å²) < 4.78 is 42.7. The van der Waals surface area contributed by atoms with Crippen molar-refractivity contribution in [2.45, 2.75) is 56.8 Å². The van der Waals surface area contributed by atoms with Crippen molar-refractivity contribution in [2.24, 2.45) is 0 Å². The first-order valence-corrected chi connectivity index (χ1v) is 11.5. The van der Waals surface area contributed by atoms with Crippen molar-refractivity contribution >= 4 is 15.7 Å². The number of piperidine rings is 1. The second-order valence-corrected chi connectivity index (χ2v) is 10.8. The Morgan fingerprint density at radius 1 is 1.07 bits per heavy atom. The fourth-order valence-corrected chi connectivity index (χ4v) is 5.53. The molecule has 30 heavy (non-hydrogen) atoms. The Balaban J connectivity index is 1.56. The lowest BCUT2D eigenvalue weighted by Crippen LogP contribution is -2.38. The smallest absolute Gasteiger partial charge is 0.207 e. The maximum absolute atomic E-state index is 13.4. The molecule has 160 valence electrons. The summed E-state index contributed by atoms with van der Waals surface area (Å²) in [5.41, 5.74) is 1.96. The van der Waals surface area contributed by atoms with Gasteiger partial charge in [-0.05, 0) is 55.7 Å². The van der Waals surface area contributed by atoms with Gasteiger partial charge < -0.3 is 0 Å². The summed E-state index contributed by atoms with van der Waals surface area (Å²) in [4.78, 5) is 0.159. The van der Waals surface area contributed by atoms with E-state index in [2.05, 4.69) is 31.0 Å². The quantitative estimate of drug-likeness (QED) is 0.635. The normalized spacial score (nSPS) is 17.0. The molecule has 0 atom stereocenters. The van der Waals surface area contributed by atoms with Gasteiger partial charge in [0.15, 0.2) is 11.5 Å². The summed E-state index contributed by atoms with van der Waals surface area (Å²) >= 11 is 0. The van der Waals surface area contributed by atoms with Gasteiger partial charge in [0, 0.05) is 24.4 Å². The largest absolute Gasteiger partial charge is 0.243 e. The predicted molar refractivity (Wildman–Crippen MR) is 111 cm³/mol. The fraction of sp³-hybridized carbons (Fsp3) is 0.476. The first-order chi connectivity index (χ1) is 14.1. The molecule has 1 fully saturated rings. The number of aromatic nitrogens is 4. The van der Waals surface area contributed by atoms with Crippen LogP contribution in [0.4, 0.5) is 4.39 Å². The number of sulfonamides is 1. The van der Waals surface area contributed by atoms with Crippen molar-refractivity contribution in [1.82, 2.24) is 24.1 Å². The second-order valence-electron chi connectivity index (χ2n) is 8.88. The topological polar surface area (TPSA) is 80.5 Å². The molecular formula is C21H26FN5O2S. The number of hydrogen-bond donors (Lipinski definition) is 0. The number of rotatable bonds is 3. The summed E-state index contributed by atoms with van der Waals surface area (Å²) in [6.45, 7) is 8.67. The molecule has 1 aromatic carbocycles. The maximum atomic E-state index is 13.4. The van der Waals surface area contributed by atoms with E-state index in [0.29, 0.717) is 37.1 Å². The molecule has 1 saturated heterocycles. The Labute approximate surface area is 176 Å². The summed E-state index contributed by atoms with van der Waals surface area (Å²) in [5.74, 6) is 0.403. The van der Waals surface area contributed by atoms with Gasteiger partial charge in [-0.1, -0.05) is 20.8 Å². The van der Waals surface area contributed by atoms with Crippen LogP contribution in [0.1, 0.15) is 56.6 Å². The zero-order chi connectivity index (χ0) is 21.7. The highest BCUT2D eigenvalue weighted by molar-refractivity contribution is 7.89. The molecule has 4 rings (SSSR count). The minimum atomic E-state index is -3.66. The minimum absolute atomic E-state index is 0.0727. The van der Waals surface area contributed by atoms with Gasteiger partial charge in [-0.15, -0.1) is 10.2 Å². The number of benzene rings is 1. The molecule has 0 radical (unpaired) electrons. The Morgan fingerprint density at radius 3 is 2.40 bits per heavy atom. The van der Waals surface area contributed by atoms with Crippen molar-refractivity contribution in [3.05, 3.63) is 53.2 Å². The van der Waals surface area contributed by atoms with Gasteiger partial charge in [-0.2, -0.15) is 13.9 Å². The molecule has 0 spiro atoms. The summed E-state index contributed by atoms with van der Waals surface area (Å²) in [5, 5.41) is 13.3. The Bertz CT molecular complexity index is 1190. The van der Waals surface area contributed by atoms with E-state index < -0.39 is 15.8 Å². The van der Waals surface area contributed by atoms with Gasteiger partial charge in [-0.3, -0.25) is 0 Å². The van der Waals surface area contributed by atoms with Crippen molar-refractivity contribution < 1.29 is 12.8 Å². The molecular weight excluding hydrogens is 405 g/mol. The lowest BCUT2D eigenvalue weighted by Gasteiger charge is -2.30. The van der Waals surface area contributed by atoms with E-state index in [-0.39, 0.29) is 16.2 Å². The third-order valence-electron chi connectivity index (χ3n) is 5.63. The van der Waals surface area contributed by atoms with E-state index in [1.54, 1.807) is 11.4 Å². The molecule has 1 aliphatic rings. The van der Waals surface area contributed by atoms with Crippen molar-refractivity contribution in [2.75, 3.05) is 13.1 Å². The zero-order valence-electron chi connectivity index (χ0n) is 17.6. The maximum Gasteiger partial charge on any atom is 0.243 e. The molecule has 9 heteroatoms. The minimum Gasteiger partial charge on any atom is -0.207 e. The van der Waals surface area contributed by atoms with Crippen LogP contribution in [-0.2, 0) is 15.4 Å². The van der Waals surface area contributed by atoms with Crippen LogP contribution in [0.3, 0.4) is 0 Å². The zero-order valence-corrected chi connectivity index (χ0v) is 18.4. The van der Waals surface area contributed by atoms with Crippen LogP contribution in [0.5, 0.6) is 0 Å². The number of halogens is 1. The van der Waals surface area contributed by atoms with Crippen LogP contribution in [0.15, 0.2) is 35.2 Å². The molecule has 0 aliphatic carbocycles. The first-order valence-electron chi connectivity index (χ1n) is 10.1. The average Bonchev–Trinajstić information content (AvgIpc) is 3.10. The van der Waals surface area contributed by atoms with Gasteiger partial charge in [0.05, 0.1) is 10.6 Å². The molecule has 3 aromatic rings. The van der Waals surface area contributed by atoms with Gasteiger partial charge in [0.25, 0.3) is 0 Å². The molecule has 0 amide bonds. The molecule has 0 saturated carbocycles. The van der Waals surface area contributed by atoms with Crippen LogP contribution >= 0.6 is 0 Å². The lowest BCUT2D eigenvalue weighted by molar-refractivity contribution is 0.311. The fourth-order valence-electron chi connectivity index (χ4n) is 3.86. The van der Waals surface area contributed by atoms with E-state index in [9.17, 15) is 12.8 Å². The Hall–Kier alpha value is -2.39. The summed E-state index contributed by atoms with van der Waals surface area (Å²) in [6.07, 6.45) is 1.25. The van der Waals surface area contributed by atoms with Gasteiger partial charge in [0.1, 0.15) is 5.82 Å². The molecule has 3 heterocycles. The van der Waals surface area contributed by atoms with Crippen LogP contribution in [0, 0.1) is 12.7 Å². The molecule has 1 aliphatic heterocycles. The highest BCUT2D eigenvalue weighted by Crippen LogP contribution is 2.31. The summed E-state index contributed by atoms with van der Waals surface area (Å²) in [7, 11) is -3.66. The number of hydrogen-bond acceptors (Lipinski definition) is 5. The average molecular weight is 432 g/mol. The van der Waals surface area contributed by atoms with E-state index in [0.717, 1.165) is 11.5 Å². The SMILES string of the molecule is Cc1cc(F)ccc1S(=O)(=O)N1CCC(c2nnc3ccc(C(C)(C)C)nn23)CC1. The standard InChI is InChI=1S/C21H26FN5O2S/c1-14-13-16(22)5-6-17(14)30(28,29)26-11-9-15(10-12-26)20-24-23-19-8-7-18(21(2,3)4)25-27(19)20/h5-8,13,15H,9-12H2,1-4H3. The third-order valence-corrected chi connectivity index (χ3v) is 7.69. The Kier molecular flexibility index (Phi) is 5.14. The molecule has 2 aromatic heterocycles. The number of nitrogens with zero attached hydrogens (tertiary/aromatic N) is 5. The van der Waals surface area contributed by atoms with Crippen LogP contribution in [0.25, 0.3) is 5.65 Å². The highest BCUT2D eigenvalue weighted by Gasteiger charge is 2.33. The Morgan fingerprint density at radius 2 is 1.77 bits per heavy atom. The highest BCUT2D eigenvalue weighted by atomic mass is 32.2. The molecule has 7 nitrogen and oxygen atoms in total.